The first kappa shape index (κ1) is 16.0. The van der Waals surface area contributed by atoms with Crippen molar-refractivity contribution in [3.05, 3.63) is 30.1 Å². The molecule has 0 atom stereocenters. The molecule has 1 aromatic heterocycles. The second kappa shape index (κ2) is 7.59. The van der Waals surface area contributed by atoms with E-state index in [2.05, 4.69) is 10.3 Å². The SMILES string of the molecule is CCCC(=O)NCCCc1nc2ccccc2n1CC(N)=O. The molecule has 6 heteroatoms. The summed E-state index contributed by atoms with van der Waals surface area (Å²) in [6, 6.07) is 7.67. The monoisotopic (exact) mass is 302 g/mol. The van der Waals surface area contributed by atoms with Gasteiger partial charge in [-0.05, 0) is 25.0 Å². The number of amides is 2. The van der Waals surface area contributed by atoms with Crippen LogP contribution in [0.25, 0.3) is 11.0 Å². The number of fused-ring (bicyclic) bond motifs is 1. The summed E-state index contributed by atoms with van der Waals surface area (Å²) in [5.41, 5.74) is 7.09. The third kappa shape index (κ3) is 4.07. The zero-order valence-electron chi connectivity index (χ0n) is 12.8. The van der Waals surface area contributed by atoms with Crippen LogP contribution in [0.1, 0.15) is 32.0 Å². The molecule has 118 valence electrons. The Kier molecular flexibility index (Phi) is 5.52. The van der Waals surface area contributed by atoms with Gasteiger partial charge in [0.2, 0.25) is 11.8 Å². The highest BCUT2D eigenvalue weighted by Crippen LogP contribution is 2.16. The summed E-state index contributed by atoms with van der Waals surface area (Å²) in [6.45, 7) is 2.71. The number of carbonyl (C=O) groups is 2. The van der Waals surface area contributed by atoms with E-state index in [9.17, 15) is 9.59 Å². The van der Waals surface area contributed by atoms with Gasteiger partial charge in [-0.15, -0.1) is 0 Å². The van der Waals surface area contributed by atoms with Crippen LogP contribution in [0, 0.1) is 0 Å². The lowest BCUT2D eigenvalue weighted by Crippen LogP contribution is -2.25. The molecule has 2 aromatic rings. The molecular formula is C16H22N4O2. The van der Waals surface area contributed by atoms with E-state index in [1.165, 1.54) is 0 Å². The first-order valence-electron chi connectivity index (χ1n) is 7.61. The smallest absolute Gasteiger partial charge is 0.237 e. The molecule has 2 rings (SSSR count). The number of carbonyl (C=O) groups excluding carboxylic acids is 2. The molecule has 0 radical (unpaired) electrons. The Balaban J connectivity index is 2.03. The molecule has 1 heterocycles. The van der Waals surface area contributed by atoms with Gasteiger partial charge in [-0.25, -0.2) is 4.98 Å². The normalized spacial score (nSPS) is 10.8. The molecule has 0 aliphatic rings. The van der Waals surface area contributed by atoms with Crippen LogP contribution < -0.4 is 11.1 Å². The highest BCUT2D eigenvalue weighted by molar-refractivity contribution is 5.80. The summed E-state index contributed by atoms with van der Waals surface area (Å²) in [5, 5.41) is 2.88. The van der Waals surface area contributed by atoms with Gasteiger partial charge in [-0.3, -0.25) is 9.59 Å². The van der Waals surface area contributed by atoms with E-state index in [-0.39, 0.29) is 18.4 Å². The van der Waals surface area contributed by atoms with Crippen molar-refractivity contribution in [2.45, 2.75) is 39.2 Å². The van der Waals surface area contributed by atoms with E-state index in [1.807, 2.05) is 35.8 Å². The highest BCUT2D eigenvalue weighted by Gasteiger charge is 2.11. The first-order valence-corrected chi connectivity index (χ1v) is 7.61. The van der Waals surface area contributed by atoms with Crippen molar-refractivity contribution in [2.75, 3.05) is 6.54 Å². The van der Waals surface area contributed by atoms with Gasteiger partial charge < -0.3 is 15.6 Å². The molecule has 0 unspecified atom stereocenters. The fourth-order valence-electron chi connectivity index (χ4n) is 2.44. The number of benzene rings is 1. The molecule has 6 nitrogen and oxygen atoms in total. The summed E-state index contributed by atoms with van der Waals surface area (Å²) >= 11 is 0. The quantitative estimate of drug-likeness (QED) is 0.722. The second-order valence-electron chi connectivity index (χ2n) is 5.27. The summed E-state index contributed by atoms with van der Waals surface area (Å²) in [5.74, 6) is 0.513. The van der Waals surface area contributed by atoms with E-state index in [4.69, 9.17) is 5.73 Å². The number of hydrogen-bond acceptors (Lipinski definition) is 3. The summed E-state index contributed by atoms with van der Waals surface area (Å²) in [4.78, 5) is 27.2. The highest BCUT2D eigenvalue weighted by atomic mass is 16.2. The van der Waals surface area contributed by atoms with Crippen LogP contribution in [0.2, 0.25) is 0 Å². The molecular weight excluding hydrogens is 280 g/mol. The van der Waals surface area contributed by atoms with Crippen molar-refractivity contribution in [3.63, 3.8) is 0 Å². The van der Waals surface area contributed by atoms with E-state index in [0.717, 1.165) is 29.7 Å². The Morgan fingerprint density at radius 2 is 2.09 bits per heavy atom. The number of para-hydroxylation sites is 2. The maximum absolute atomic E-state index is 11.4. The maximum atomic E-state index is 11.4. The fourth-order valence-corrected chi connectivity index (χ4v) is 2.44. The van der Waals surface area contributed by atoms with Crippen molar-refractivity contribution >= 4 is 22.8 Å². The minimum absolute atomic E-state index is 0.0770. The van der Waals surface area contributed by atoms with Crippen molar-refractivity contribution < 1.29 is 9.59 Å². The maximum Gasteiger partial charge on any atom is 0.237 e. The van der Waals surface area contributed by atoms with Gasteiger partial charge in [0.25, 0.3) is 0 Å². The van der Waals surface area contributed by atoms with Crippen LogP contribution >= 0.6 is 0 Å². The van der Waals surface area contributed by atoms with Crippen LogP contribution in [-0.2, 0) is 22.6 Å². The number of aromatic nitrogens is 2. The number of nitrogens with one attached hydrogen (secondary N) is 1. The third-order valence-corrected chi connectivity index (χ3v) is 3.42. The van der Waals surface area contributed by atoms with Gasteiger partial charge in [-0.2, -0.15) is 0 Å². The topological polar surface area (TPSA) is 90.0 Å². The Morgan fingerprint density at radius 3 is 2.82 bits per heavy atom. The van der Waals surface area contributed by atoms with Crippen LogP contribution in [0.3, 0.4) is 0 Å². The lowest BCUT2D eigenvalue weighted by Gasteiger charge is -2.07. The number of aryl methyl sites for hydroxylation is 1. The van der Waals surface area contributed by atoms with E-state index < -0.39 is 0 Å². The van der Waals surface area contributed by atoms with Crippen LogP contribution in [0.5, 0.6) is 0 Å². The summed E-state index contributed by atoms with van der Waals surface area (Å²) < 4.78 is 1.85. The predicted octanol–water partition coefficient (Wildman–Crippen LogP) is 1.37. The Labute approximate surface area is 129 Å². The molecule has 0 bridgehead atoms. The first-order chi connectivity index (χ1) is 10.6. The second-order valence-corrected chi connectivity index (χ2v) is 5.27. The van der Waals surface area contributed by atoms with Gasteiger partial charge in [0.05, 0.1) is 11.0 Å². The average molecular weight is 302 g/mol. The van der Waals surface area contributed by atoms with E-state index in [1.54, 1.807) is 0 Å². The predicted molar refractivity (Wildman–Crippen MR) is 85.2 cm³/mol. The molecule has 0 aliphatic heterocycles. The number of rotatable bonds is 8. The van der Waals surface area contributed by atoms with E-state index >= 15 is 0 Å². The number of nitrogens with zero attached hydrogens (tertiary/aromatic N) is 2. The molecule has 0 saturated carbocycles. The van der Waals surface area contributed by atoms with Gasteiger partial charge in [0.15, 0.2) is 0 Å². The fraction of sp³-hybridized carbons (Fsp3) is 0.438. The summed E-state index contributed by atoms with van der Waals surface area (Å²) in [6.07, 6.45) is 2.87. The zero-order valence-corrected chi connectivity index (χ0v) is 12.8. The number of nitrogens with two attached hydrogens (primary N) is 1. The Bertz CT molecular complexity index is 663. The Hall–Kier alpha value is -2.37. The molecule has 1 aromatic carbocycles. The number of hydrogen-bond donors (Lipinski definition) is 2. The molecule has 3 N–H and O–H groups in total. The third-order valence-electron chi connectivity index (χ3n) is 3.42. The summed E-state index contributed by atoms with van der Waals surface area (Å²) in [7, 11) is 0. The number of primary amides is 1. The van der Waals surface area contributed by atoms with Crippen molar-refractivity contribution in [1.29, 1.82) is 0 Å². The Morgan fingerprint density at radius 1 is 1.32 bits per heavy atom. The van der Waals surface area contributed by atoms with Crippen molar-refractivity contribution in [2.24, 2.45) is 5.73 Å². The standard InChI is InChI=1S/C16H22N4O2/c1-2-6-16(22)18-10-5-9-15-19-12-7-3-4-8-13(12)20(15)11-14(17)21/h3-4,7-8H,2,5-6,9-11H2,1H3,(H2,17,21)(H,18,22). The van der Waals surface area contributed by atoms with Crippen LogP contribution in [0.15, 0.2) is 24.3 Å². The average Bonchev–Trinajstić information content (AvgIpc) is 2.81. The van der Waals surface area contributed by atoms with Crippen molar-refractivity contribution in [3.8, 4) is 0 Å². The zero-order chi connectivity index (χ0) is 15.9. The molecule has 0 aliphatic carbocycles. The van der Waals surface area contributed by atoms with Crippen LogP contribution in [0.4, 0.5) is 0 Å². The van der Waals surface area contributed by atoms with Crippen molar-refractivity contribution in [1.82, 2.24) is 14.9 Å². The van der Waals surface area contributed by atoms with Gasteiger partial charge >= 0.3 is 0 Å². The largest absolute Gasteiger partial charge is 0.368 e. The van der Waals surface area contributed by atoms with Gasteiger partial charge in [0.1, 0.15) is 12.4 Å². The lowest BCUT2D eigenvalue weighted by atomic mass is 10.2. The molecule has 22 heavy (non-hydrogen) atoms. The molecule has 2 amide bonds. The number of imidazole rings is 1. The van der Waals surface area contributed by atoms with Crippen LogP contribution in [-0.4, -0.2) is 27.9 Å². The minimum atomic E-state index is -0.388. The molecule has 0 saturated heterocycles. The van der Waals surface area contributed by atoms with E-state index in [0.29, 0.717) is 19.4 Å². The van der Waals surface area contributed by atoms with Gasteiger partial charge in [-0.1, -0.05) is 19.1 Å². The lowest BCUT2D eigenvalue weighted by molar-refractivity contribution is -0.121. The molecule has 0 spiro atoms. The van der Waals surface area contributed by atoms with Gasteiger partial charge in [0, 0.05) is 19.4 Å². The minimum Gasteiger partial charge on any atom is -0.368 e. The molecule has 0 fully saturated rings.